The molecule has 2 amide bonds. The Kier molecular flexibility index (Phi) is 8.28. The van der Waals surface area contributed by atoms with E-state index in [1.54, 1.807) is 24.0 Å². The maximum Gasteiger partial charge on any atom is 0.261 e. The zero-order valence-electron chi connectivity index (χ0n) is 17.0. The minimum absolute atomic E-state index is 0.148. The molecule has 0 saturated heterocycles. The number of carbonyl (C=O) groups is 2. The molecule has 5 nitrogen and oxygen atoms in total. The molecule has 7 heteroatoms. The summed E-state index contributed by atoms with van der Waals surface area (Å²) >= 11 is 6.78. The Hall–Kier alpha value is -1.86. The molecular weight excluding hydrogens is 500 g/mol. The van der Waals surface area contributed by atoms with Crippen LogP contribution in [0.25, 0.3) is 0 Å². The van der Waals surface area contributed by atoms with Gasteiger partial charge in [-0.1, -0.05) is 44.0 Å². The minimum Gasteiger partial charge on any atom is -0.484 e. The average molecular weight is 526 g/mol. The van der Waals surface area contributed by atoms with Crippen LogP contribution in [0.15, 0.2) is 57.5 Å². The van der Waals surface area contributed by atoms with Crippen LogP contribution in [0.2, 0.25) is 0 Å². The van der Waals surface area contributed by atoms with Gasteiger partial charge in [0.25, 0.3) is 5.91 Å². The first-order valence-corrected chi connectivity index (χ1v) is 10.9. The molecule has 156 valence electrons. The zero-order chi connectivity index (χ0) is 21.6. The monoisotopic (exact) mass is 524 g/mol. The lowest BCUT2D eigenvalue weighted by molar-refractivity contribution is -0.142. The molecule has 0 heterocycles. The molecule has 0 fully saturated rings. The van der Waals surface area contributed by atoms with Crippen molar-refractivity contribution >= 4 is 43.7 Å². The highest BCUT2D eigenvalue weighted by Crippen LogP contribution is 2.18. The molecule has 0 saturated carbocycles. The van der Waals surface area contributed by atoms with Crippen molar-refractivity contribution in [2.24, 2.45) is 0 Å². The fraction of sp³-hybridized carbons (Fsp3) is 0.364. The van der Waals surface area contributed by atoms with E-state index in [4.69, 9.17) is 4.74 Å². The number of nitrogens with one attached hydrogen (secondary N) is 1. The lowest BCUT2D eigenvalue weighted by Gasteiger charge is -2.31. The number of hydrogen-bond acceptors (Lipinski definition) is 3. The first-order chi connectivity index (χ1) is 13.5. The summed E-state index contributed by atoms with van der Waals surface area (Å²) in [5.74, 6) is 0.135. The van der Waals surface area contributed by atoms with Crippen molar-refractivity contribution in [1.82, 2.24) is 10.2 Å². The van der Waals surface area contributed by atoms with Crippen LogP contribution in [0.3, 0.4) is 0 Å². The van der Waals surface area contributed by atoms with Crippen LogP contribution in [-0.4, -0.2) is 34.9 Å². The second-order valence-corrected chi connectivity index (χ2v) is 9.64. The number of carbonyl (C=O) groups excluding carboxylic acids is 2. The first-order valence-electron chi connectivity index (χ1n) is 9.29. The Bertz CT molecular complexity index is 831. The predicted octanol–water partition coefficient (Wildman–Crippen LogP) is 4.92. The van der Waals surface area contributed by atoms with Crippen molar-refractivity contribution in [2.75, 3.05) is 6.61 Å². The lowest BCUT2D eigenvalue weighted by Crippen LogP contribution is -2.53. The van der Waals surface area contributed by atoms with Gasteiger partial charge in [-0.05, 0) is 69.7 Å². The quantitative estimate of drug-likeness (QED) is 0.558. The van der Waals surface area contributed by atoms with Crippen molar-refractivity contribution in [2.45, 2.75) is 45.8 Å². The van der Waals surface area contributed by atoms with Gasteiger partial charge in [-0.2, -0.15) is 0 Å². The molecule has 2 aromatic carbocycles. The van der Waals surface area contributed by atoms with Crippen LogP contribution in [-0.2, 0) is 16.1 Å². The SMILES string of the molecule is C[C@H](C(=O)NC(C)(C)C)N(Cc1ccc(Br)cc1)C(=O)COc1ccc(Br)cc1. The summed E-state index contributed by atoms with van der Waals surface area (Å²) in [5.41, 5.74) is 0.548. The molecule has 1 N–H and O–H groups in total. The van der Waals surface area contributed by atoms with Gasteiger partial charge in [-0.3, -0.25) is 9.59 Å². The number of amides is 2. The highest BCUT2D eigenvalue weighted by atomic mass is 79.9. The van der Waals surface area contributed by atoms with E-state index in [9.17, 15) is 9.59 Å². The van der Waals surface area contributed by atoms with Crippen LogP contribution in [0, 0.1) is 0 Å². The normalized spacial score (nSPS) is 12.2. The molecule has 0 aromatic heterocycles. The zero-order valence-corrected chi connectivity index (χ0v) is 20.2. The van der Waals surface area contributed by atoms with E-state index in [1.807, 2.05) is 57.2 Å². The van der Waals surface area contributed by atoms with Gasteiger partial charge in [0, 0.05) is 21.0 Å². The van der Waals surface area contributed by atoms with Gasteiger partial charge < -0.3 is 15.0 Å². The summed E-state index contributed by atoms with van der Waals surface area (Å²) in [7, 11) is 0. The van der Waals surface area contributed by atoms with Crippen molar-refractivity contribution < 1.29 is 14.3 Å². The standard InChI is InChI=1S/C22H26Br2N2O3/c1-15(21(28)25-22(2,3)4)26(13-16-5-7-17(23)8-6-16)20(27)14-29-19-11-9-18(24)10-12-19/h5-12,15H,13-14H2,1-4H3,(H,25,28)/t15-/m1/s1. The maximum atomic E-state index is 13.0. The molecule has 2 rings (SSSR count). The number of hydrogen-bond donors (Lipinski definition) is 1. The molecule has 29 heavy (non-hydrogen) atoms. The van der Waals surface area contributed by atoms with Crippen LogP contribution >= 0.6 is 31.9 Å². The van der Waals surface area contributed by atoms with Crippen LogP contribution in [0.5, 0.6) is 5.75 Å². The van der Waals surface area contributed by atoms with E-state index in [0.29, 0.717) is 12.3 Å². The Morgan fingerprint density at radius 3 is 2.03 bits per heavy atom. The van der Waals surface area contributed by atoms with Gasteiger partial charge in [-0.25, -0.2) is 0 Å². The van der Waals surface area contributed by atoms with Crippen molar-refractivity contribution in [3.05, 3.63) is 63.0 Å². The van der Waals surface area contributed by atoms with E-state index in [0.717, 1.165) is 14.5 Å². The molecule has 0 bridgehead atoms. The van der Waals surface area contributed by atoms with Gasteiger partial charge in [0.05, 0.1) is 0 Å². The van der Waals surface area contributed by atoms with E-state index in [-0.39, 0.29) is 24.0 Å². The predicted molar refractivity (Wildman–Crippen MR) is 122 cm³/mol. The van der Waals surface area contributed by atoms with Crippen LogP contribution < -0.4 is 10.1 Å². The molecule has 0 aliphatic carbocycles. The average Bonchev–Trinajstić information content (AvgIpc) is 2.65. The van der Waals surface area contributed by atoms with E-state index < -0.39 is 6.04 Å². The minimum atomic E-state index is -0.640. The molecular formula is C22H26Br2N2O3. The third kappa shape index (κ3) is 7.82. The molecule has 0 aliphatic rings. The molecule has 0 unspecified atom stereocenters. The number of ether oxygens (including phenoxy) is 1. The smallest absolute Gasteiger partial charge is 0.261 e. The van der Waals surface area contributed by atoms with E-state index in [1.165, 1.54) is 0 Å². The Morgan fingerprint density at radius 1 is 1.00 bits per heavy atom. The second-order valence-electron chi connectivity index (χ2n) is 7.81. The van der Waals surface area contributed by atoms with Crippen LogP contribution in [0.4, 0.5) is 0 Å². The summed E-state index contributed by atoms with van der Waals surface area (Å²) in [5, 5.41) is 2.94. The van der Waals surface area contributed by atoms with Gasteiger partial charge in [-0.15, -0.1) is 0 Å². The summed E-state index contributed by atoms with van der Waals surface area (Å²) < 4.78 is 7.53. The highest BCUT2D eigenvalue weighted by Gasteiger charge is 2.28. The van der Waals surface area contributed by atoms with Crippen molar-refractivity contribution in [3.8, 4) is 5.75 Å². The summed E-state index contributed by atoms with van der Waals surface area (Å²) in [4.78, 5) is 27.2. The van der Waals surface area contributed by atoms with E-state index in [2.05, 4.69) is 37.2 Å². The third-order valence-electron chi connectivity index (χ3n) is 4.11. The largest absolute Gasteiger partial charge is 0.484 e. The topological polar surface area (TPSA) is 58.6 Å². The number of nitrogens with zero attached hydrogens (tertiary/aromatic N) is 1. The summed E-state index contributed by atoms with van der Waals surface area (Å²) in [6, 6.07) is 14.3. The molecule has 2 aromatic rings. The number of halogens is 2. The maximum absolute atomic E-state index is 13.0. The number of benzene rings is 2. The summed E-state index contributed by atoms with van der Waals surface area (Å²) in [6.45, 7) is 7.64. The van der Waals surface area contributed by atoms with Crippen molar-refractivity contribution in [1.29, 1.82) is 0 Å². The highest BCUT2D eigenvalue weighted by molar-refractivity contribution is 9.10. The summed E-state index contributed by atoms with van der Waals surface area (Å²) in [6.07, 6.45) is 0. The first kappa shape index (κ1) is 23.4. The molecule has 0 aliphatic heterocycles. The Balaban J connectivity index is 2.15. The molecule has 1 atom stereocenters. The molecule has 0 radical (unpaired) electrons. The van der Waals surface area contributed by atoms with Gasteiger partial charge in [0.2, 0.25) is 5.91 Å². The fourth-order valence-corrected chi connectivity index (χ4v) is 3.13. The van der Waals surface area contributed by atoms with Gasteiger partial charge in [0.15, 0.2) is 6.61 Å². The second kappa shape index (κ2) is 10.3. The van der Waals surface area contributed by atoms with Gasteiger partial charge >= 0.3 is 0 Å². The number of rotatable bonds is 7. The Labute approximate surface area is 189 Å². The van der Waals surface area contributed by atoms with Crippen LogP contribution in [0.1, 0.15) is 33.3 Å². The van der Waals surface area contributed by atoms with E-state index >= 15 is 0 Å². The van der Waals surface area contributed by atoms with Gasteiger partial charge in [0.1, 0.15) is 11.8 Å². The fourth-order valence-electron chi connectivity index (χ4n) is 2.60. The molecule has 0 spiro atoms. The Morgan fingerprint density at radius 2 is 1.52 bits per heavy atom. The van der Waals surface area contributed by atoms with Crippen molar-refractivity contribution in [3.63, 3.8) is 0 Å². The third-order valence-corrected chi connectivity index (χ3v) is 5.16. The lowest BCUT2D eigenvalue weighted by atomic mass is 10.1.